The maximum atomic E-state index is 10.2. The summed E-state index contributed by atoms with van der Waals surface area (Å²) in [4.78, 5) is 10.2. The van der Waals surface area contributed by atoms with Gasteiger partial charge in [-0.05, 0) is 18.5 Å². The largest absolute Gasteiger partial charge is 0.331 e. The van der Waals surface area contributed by atoms with Gasteiger partial charge in [0.1, 0.15) is 6.29 Å². The maximum absolute atomic E-state index is 10.2. The third kappa shape index (κ3) is 5.15. The van der Waals surface area contributed by atoms with Crippen LogP contribution in [-0.4, -0.2) is 12.8 Å². The molecule has 0 spiro atoms. The van der Waals surface area contributed by atoms with Gasteiger partial charge in [-0.2, -0.15) is 0 Å². The van der Waals surface area contributed by atoms with Crippen molar-refractivity contribution < 1.29 is 4.79 Å². The van der Waals surface area contributed by atoms with Crippen LogP contribution in [0.1, 0.15) is 29.8 Å². The second-order valence-electron chi connectivity index (χ2n) is 2.62. The van der Waals surface area contributed by atoms with E-state index in [4.69, 9.17) is 5.73 Å². The summed E-state index contributed by atoms with van der Waals surface area (Å²) in [6, 6.07) is 7.63. The first-order valence-corrected chi connectivity index (χ1v) is 4.52. The topological polar surface area (TPSA) is 43.1 Å². The van der Waals surface area contributed by atoms with Crippen molar-refractivity contribution >= 4 is 6.29 Å². The van der Waals surface area contributed by atoms with Gasteiger partial charge in [0, 0.05) is 5.56 Å². The standard InChI is InChI=1S/C9H10O.C2H7N/c1-2-8-3-5-9(7-10)6-4-8;1-2-3/h3-7H,2H2,1H3;2-3H2,1H3. The molecule has 0 aliphatic heterocycles. The summed E-state index contributed by atoms with van der Waals surface area (Å²) >= 11 is 0. The molecular formula is C11H17NO. The molecule has 0 unspecified atom stereocenters. The van der Waals surface area contributed by atoms with Crippen LogP contribution in [0, 0.1) is 0 Å². The molecule has 2 N–H and O–H groups in total. The van der Waals surface area contributed by atoms with Gasteiger partial charge in [-0.1, -0.05) is 38.1 Å². The predicted molar refractivity (Wildman–Crippen MR) is 55.9 cm³/mol. The molecule has 13 heavy (non-hydrogen) atoms. The molecule has 0 saturated carbocycles. The van der Waals surface area contributed by atoms with Crippen molar-refractivity contribution in [2.75, 3.05) is 6.54 Å². The molecule has 0 amide bonds. The third-order valence-electron chi connectivity index (χ3n) is 1.52. The average molecular weight is 179 g/mol. The number of carbonyl (C=O) groups excluding carboxylic acids is 1. The number of rotatable bonds is 2. The van der Waals surface area contributed by atoms with E-state index in [2.05, 4.69) is 6.92 Å². The van der Waals surface area contributed by atoms with Crippen molar-refractivity contribution in [3.05, 3.63) is 35.4 Å². The quantitative estimate of drug-likeness (QED) is 0.706. The van der Waals surface area contributed by atoms with E-state index in [1.807, 2.05) is 31.2 Å². The first kappa shape index (κ1) is 11.8. The molecule has 0 heterocycles. The summed E-state index contributed by atoms with van der Waals surface area (Å²) in [5.74, 6) is 0. The molecule has 0 saturated heterocycles. The van der Waals surface area contributed by atoms with Gasteiger partial charge >= 0.3 is 0 Å². The van der Waals surface area contributed by atoms with E-state index in [-0.39, 0.29) is 0 Å². The highest BCUT2D eigenvalue weighted by molar-refractivity contribution is 5.74. The summed E-state index contributed by atoms with van der Waals surface area (Å²) in [7, 11) is 0. The lowest BCUT2D eigenvalue weighted by molar-refractivity contribution is 0.112. The Labute approximate surface area is 79.8 Å². The van der Waals surface area contributed by atoms with Crippen molar-refractivity contribution in [1.29, 1.82) is 0 Å². The second kappa shape index (κ2) is 7.50. The van der Waals surface area contributed by atoms with E-state index in [0.717, 1.165) is 24.8 Å². The number of nitrogens with two attached hydrogens (primary N) is 1. The fraction of sp³-hybridized carbons (Fsp3) is 0.364. The zero-order chi connectivity index (χ0) is 10.1. The Morgan fingerprint density at radius 3 is 2.00 bits per heavy atom. The van der Waals surface area contributed by atoms with E-state index >= 15 is 0 Å². The Bertz CT molecular complexity index is 228. The number of hydrogen-bond donors (Lipinski definition) is 1. The minimum Gasteiger partial charge on any atom is -0.331 e. The van der Waals surface area contributed by atoms with Crippen LogP contribution in [0.5, 0.6) is 0 Å². The van der Waals surface area contributed by atoms with Crippen molar-refractivity contribution in [3.8, 4) is 0 Å². The van der Waals surface area contributed by atoms with Crippen LogP contribution in [0.4, 0.5) is 0 Å². The molecule has 72 valence electrons. The van der Waals surface area contributed by atoms with E-state index in [0.29, 0.717) is 0 Å². The molecule has 0 fully saturated rings. The van der Waals surface area contributed by atoms with Gasteiger partial charge in [0.25, 0.3) is 0 Å². The van der Waals surface area contributed by atoms with Crippen LogP contribution < -0.4 is 5.73 Å². The highest BCUT2D eigenvalue weighted by Crippen LogP contribution is 2.01. The van der Waals surface area contributed by atoms with Crippen LogP contribution in [0.2, 0.25) is 0 Å². The maximum Gasteiger partial charge on any atom is 0.150 e. The molecule has 0 aromatic heterocycles. The van der Waals surface area contributed by atoms with Crippen molar-refractivity contribution in [2.45, 2.75) is 20.3 Å². The molecule has 0 aliphatic carbocycles. The number of hydrogen-bond acceptors (Lipinski definition) is 2. The SMILES string of the molecule is CCN.CCc1ccc(C=O)cc1. The van der Waals surface area contributed by atoms with Gasteiger partial charge in [-0.15, -0.1) is 0 Å². The van der Waals surface area contributed by atoms with Crippen LogP contribution in [0.25, 0.3) is 0 Å². The van der Waals surface area contributed by atoms with Gasteiger partial charge in [-0.3, -0.25) is 4.79 Å². The molecule has 1 aromatic rings. The van der Waals surface area contributed by atoms with Crippen LogP contribution >= 0.6 is 0 Å². The van der Waals surface area contributed by atoms with Crippen LogP contribution in [0.3, 0.4) is 0 Å². The summed E-state index contributed by atoms with van der Waals surface area (Å²) in [5, 5.41) is 0. The van der Waals surface area contributed by atoms with Gasteiger partial charge in [0.05, 0.1) is 0 Å². The van der Waals surface area contributed by atoms with Crippen molar-refractivity contribution in [2.24, 2.45) is 5.73 Å². The Morgan fingerprint density at radius 2 is 1.69 bits per heavy atom. The molecule has 2 nitrogen and oxygen atoms in total. The minimum absolute atomic E-state index is 0.747. The number of benzene rings is 1. The minimum atomic E-state index is 0.747. The van der Waals surface area contributed by atoms with E-state index in [1.165, 1.54) is 5.56 Å². The molecule has 1 aromatic carbocycles. The van der Waals surface area contributed by atoms with Crippen LogP contribution in [0.15, 0.2) is 24.3 Å². The van der Waals surface area contributed by atoms with E-state index in [1.54, 1.807) is 0 Å². The lowest BCUT2D eigenvalue weighted by atomic mass is 10.1. The molecule has 0 radical (unpaired) electrons. The normalized spacial score (nSPS) is 8.54. The lowest BCUT2D eigenvalue weighted by Gasteiger charge is -1.93. The summed E-state index contributed by atoms with van der Waals surface area (Å²) in [6.45, 7) is 4.75. The molecule has 0 atom stereocenters. The van der Waals surface area contributed by atoms with Gasteiger partial charge in [0.2, 0.25) is 0 Å². The Kier molecular flexibility index (Phi) is 6.83. The number of carbonyl (C=O) groups is 1. The summed E-state index contributed by atoms with van der Waals surface area (Å²) < 4.78 is 0. The lowest BCUT2D eigenvalue weighted by Crippen LogP contribution is -1.87. The highest BCUT2D eigenvalue weighted by atomic mass is 16.1. The zero-order valence-electron chi connectivity index (χ0n) is 8.29. The fourth-order valence-electron chi connectivity index (χ4n) is 0.832. The third-order valence-corrected chi connectivity index (χ3v) is 1.52. The van der Waals surface area contributed by atoms with Crippen molar-refractivity contribution in [1.82, 2.24) is 0 Å². The van der Waals surface area contributed by atoms with Crippen molar-refractivity contribution in [3.63, 3.8) is 0 Å². The van der Waals surface area contributed by atoms with Gasteiger partial charge in [0.15, 0.2) is 0 Å². The number of aldehydes is 1. The fourth-order valence-corrected chi connectivity index (χ4v) is 0.832. The highest BCUT2D eigenvalue weighted by Gasteiger charge is 1.88. The Balaban J connectivity index is 0.000000424. The monoisotopic (exact) mass is 179 g/mol. The van der Waals surface area contributed by atoms with Gasteiger partial charge in [-0.25, -0.2) is 0 Å². The summed E-state index contributed by atoms with van der Waals surface area (Å²) in [5.41, 5.74) is 6.86. The molecular weight excluding hydrogens is 162 g/mol. The Morgan fingerprint density at radius 1 is 1.23 bits per heavy atom. The smallest absolute Gasteiger partial charge is 0.150 e. The second-order valence-corrected chi connectivity index (χ2v) is 2.62. The number of aryl methyl sites for hydroxylation is 1. The first-order valence-electron chi connectivity index (χ1n) is 4.52. The van der Waals surface area contributed by atoms with Crippen LogP contribution in [-0.2, 0) is 6.42 Å². The molecule has 0 aliphatic rings. The van der Waals surface area contributed by atoms with E-state index in [9.17, 15) is 4.79 Å². The molecule has 2 heteroatoms. The van der Waals surface area contributed by atoms with Gasteiger partial charge < -0.3 is 5.73 Å². The van der Waals surface area contributed by atoms with E-state index < -0.39 is 0 Å². The predicted octanol–water partition coefficient (Wildman–Crippen LogP) is 2.03. The molecule has 0 bridgehead atoms. The molecule has 1 rings (SSSR count). The first-order chi connectivity index (χ1) is 6.28. The zero-order valence-corrected chi connectivity index (χ0v) is 8.29. The average Bonchev–Trinajstić information content (AvgIpc) is 2.19. The summed E-state index contributed by atoms with van der Waals surface area (Å²) in [6.07, 6.45) is 1.89. The Hall–Kier alpha value is -1.15.